The van der Waals surface area contributed by atoms with Gasteiger partial charge in [-0.3, -0.25) is 9.69 Å². The van der Waals surface area contributed by atoms with Crippen LogP contribution in [0.5, 0.6) is 0 Å². The SMILES string of the molecule is COC(=O)[C@H]1C[C@H](C)N1C(C)C. The highest BCUT2D eigenvalue weighted by Crippen LogP contribution is 2.28. The number of hydrogen-bond donors (Lipinski definition) is 0. The van der Waals surface area contributed by atoms with Gasteiger partial charge in [-0.2, -0.15) is 0 Å². The predicted octanol–water partition coefficient (Wildman–Crippen LogP) is 1.03. The molecule has 2 atom stereocenters. The lowest BCUT2D eigenvalue weighted by Crippen LogP contribution is -2.61. The number of hydrogen-bond acceptors (Lipinski definition) is 3. The molecule has 1 saturated heterocycles. The van der Waals surface area contributed by atoms with E-state index in [0.29, 0.717) is 12.1 Å². The predicted molar refractivity (Wildman–Crippen MR) is 46.9 cm³/mol. The lowest BCUT2D eigenvalue weighted by molar-refractivity contribution is -0.157. The normalized spacial score (nSPS) is 30.1. The molecule has 70 valence electrons. The minimum Gasteiger partial charge on any atom is -0.468 e. The molecule has 0 amide bonds. The lowest BCUT2D eigenvalue weighted by Gasteiger charge is -2.47. The average Bonchev–Trinajstić information content (AvgIpc) is 1.97. The standard InChI is InChI=1S/C9H17NO2/c1-6(2)10-7(3)5-8(10)9(11)12-4/h6-8H,5H2,1-4H3/t7-,8+/m0/s1. The summed E-state index contributed by atoms with van der Waals surface area (Å²) in [6.45, 7) is 6.34. The fraction of sp³-hybridized carbons (Fsp3) is 0.889. The Morgan fingerprint density at radius 1 is 1.58 bits per heavy atom. The lowest BCUT2D eigenvalue weighted by atomic mass is 9.92. The van der Waals surface area contributed by atoms with Crippen molar-refractivity contribution in [2.75, 3.05) is 7.11 Å². The molecule has 1 rings (SSSR count). The van der Waals surface area contributed by atoms with E-state index < -0.39 is 0 Å². The number of nitrogens with zero attached hydrogens (tertiary/aromatic N) is 1. The van der Waals surface area contributed by atoms with Gasteiger partial charge in [-0.15, -0.1) is 0 Å². The second-order valence-corrected chi connectivity index (χ2v) is 3.66. The maximum Gasteiger partial charge on any atom is 0.323 e. The maximum absolute atomic E-state index is 11.2. The third-order valence-electron chi connectivity index (χ3n) is 2.50. The van der Waals surface area contributed by atoms with E-state index in [1.165, 1.54) is 7.11 Å². The van der Waals surface area contributed by atoms with Crippen LogP contribution in [0.1, 0.15) is 27.2 Å². The van der Waals surface area contributed by atoms with Gasteiger partial charge >= 0.3 is 5.97 Å². The van der Waals surface area contributed by atoms with E-state index in [4.69, 9.17) is 4.74 Å². The summed E-state index contributed by atoms with van der Waals surface area (Å²) in [5, 5.41) is 0. The topological polar surface area (TPSA) is 29.5 Å². The van der Waals surface area contributed by atoms with Crippen LogP contribution in [0.4, 0.5) is 0 Å². The van der Waals surface area contributed by atoms with Gasteiger partial charge in [0.05, 0.1) is 7.11 Å². The first-order valence-electron chi connectivity index (χ1n) is 4.43. The van der Waals surface area contributed by atoms with Crippen LogP contribution >= 0.6 is 0 Å². The Hall–Kier alpha value is -0.570. The van der Waals surface area contributed by atoms with E-state index >= 15 is 0 Å². The first-order valence-corrected chi connectivity index (χ1v) is 4.43. The molecule has 12 heavy (non-hydrogen) atoms. The van der Waals surface area contributed by atoms with Gasteiger partial charge in [0, 0.05) is 12.1 Å². The van der Waals surface area contributed by atoms with Crippen molar-refractivity contribution in [3.63, 3.8) is 0 Å². The smallest absolute Gasteiger partial charge is 0.323 e. The highest BCUT2D eigenvalue weighted by molar-refractivity contribution is 5.77. The maximum atomic E-state index is 11.2. The zero-order valence-corrected chi connectivity index (χ0v) is 8.20. The number of carbonyl (C=O) groups excluding carboxylic acids is 1. The monoisotopic (exact) mass is 171 g/mol. The van der Waals surface area contributed by atoms with Crippen LogP contribution in [-0.2, 0) is 9.53 Å². The van der Waals surface area contributed by atoms with Gasteiger partial charge in [0.15, 0.2) is 0 Å². The number of likely N-dealkylation sites (tertiary alicyclic amines) is 1. The molecule has 0 aromatic rings. The number of ether oxygens (including phenoxy) is 1. The molecule has 0 aliphatic carbocycles. The summed E-state index contributed by atoms with van der Waals surface area (Å²) in [5.74, 6) is -0.0956. The zero-order valence-electron chi connectivity index (χ0n) is 8.20. The van der Waals surface area contributed by atoms with Crippen molar-refractivity contribution in [2.45, 2.75) is 45.3 Å². The molecule has 1 heterocycles. The molecule has 0 N–H and O–H groups in total. The molecule has 0 radical (unpaired) electrons. The average molecular weight is 171 g/mol. The minimum atomic E-state index is -0.0956. The molecular formula is C9H17NO2. The molecule has 0 spiro atoms. The van der Waals surface area contributed by atoms with Gasteiger partial charge in [-0.1, -0.05) is 0 Å². The van der Waals surface area contributed by atoms with Crippen molar-refractivity contribution in [1.82, 2.24) is 4.90 Å². The van der Waals surface area contributed by atoms with Crippen molar-refractivity contribution >= 4 is 5.97 Å². The highest BCUT2D eigenvalue weighted by Gasteiger charge is 2.42. The van der Waals surface area contributed by atoms with Crippen LogP contribution in [-0.4, -0.2) is 36.1 Å². The van der Waals surface area contributed by atoms with Gasteiger partial charge in [0.1, 0.15) is 6.04 Å². The molecule has 1 fully saturated rings. The molecule has 3 nitrogen and oxygen atoms in total. The Bertz CT molecular complexity index is 175. The van der Waals surface area contributed by atoms with Gasteiger partial charge in [-0.05, 0) is 27.2 Å². The minimum absolute atomic E-state index is 0.00463. The van der Waals surface area contributed by atoms with Gasteiger partial charge < -0.3 is 4.74 Å². The molecule has 1 aliphatic heterocycles. The summed E-state index contributed by atoms with van der Waals surface area (Å²) in [4.78, 5) is 13.4. The number of rotatable bonds is 2. The molecule has 0 aromatic carbocycles. The summed E-state index contributed by atoms with van der Waals surface area (Å²) in [6, 6.07) is 0.956. The van der Waals surface area contributed by atoms with Crippen molar-refractivity contribution < 1.29 is 9.53 Å². The molecule has 0 saturated carbocycles. The Morgan fingerprint density at radius 3 is 2.50 bits per heavy atom. The van der Waals surface area contributed by atoms with Crippen LogP contribution < -0.4 is 0 Å². The summed E-state index contributed by atoms with van der Waals surface area (Å²) in [7, 11) is 1.45. The molecular weight excluding hydrogens is 154 g/mol. The summed E-state index contributed by atoms with van der Waals surface area (Å²) >= 11 is 0. The third kappa shape index (κ3) is 1.46. The third-order valence-corrected chi connectivity index (χ3v) is 2.50. The summed E-state index contributed by atoms with van der Waals surface area (Å²) in [6.07, 6.45) is 0.935. The molecule has 1 aliphatic rings. The first kappa shape index (κ1) is 9.52. The van der Waals surface area contributed by atoms with E-state index in [1.807, 2.05) is 0 Å². The summed E-state index contributed by atoms with van der Waals surface area (Å²) < 4.78 is 4.70. The Morgan fingerprint density at radius 2 is 2.17 bits per heavy atom. The number of carbonyl (C=O) groups is 1. The van der Waals surface area contributed by atoms with E-state index in [-0.39, 0.29) is 12.0 Å². The quantitative estimate of drug-likeness (QED) is 0.581. The van der Waals surface area contributed by atoms with Gasteiger partial charge in [-0.25, -0.2) is 0 Å². The van der Waals surface area contributed by atoms with Gasteiger partial charge in [0.25, 0.3) is 0 Å². The summed E-state index contributed by atoms with van der Waals surface area (Å²) in [5.41, 5.74) is 0. The van der Waals surface area contributed by atoms with Crippen molar-refractivity contribution in [1.29, 1.82) is 0 Å². The van der Waals surface area contributed by atoms with E-state index in [1.54, 1.807) is 0 Å². The van der Waals surface area contributed by atoms with E-state index in [9.17, 15) is 4.79 Å². The van der Waals surface area contributed by atoms with E-state index in [2.05, 4.69) is 25.7 Å². The zero-order chi connectivity index (χ0) is 9.30. The number of methoxy groups -OCH3 is 1. The molecule has 3 heteroatoms. The molecule has 0 unspecified atom stereocenters. The second kappa shape index (κ2) is 3.44. The fourth-order valence-electron chi connectivity index (χ4n) is 1.96. The number of esters is 1. The van der Waals surface area contributed by atoms with Crippen molar-refractivity contribution in [2.24, 2.45) is 0 Å². The first-order chi connectivity index (χ1) is 5.57. The Balaban J connectivity index is 2.54. The van der Waals surface area contributed by atoms with Crippen LogP contribution in [0.15, 0.2) is 0 Å². The van der Waals surface area contributed by atoms with Crippen LogP contribution in [0, 0.1) is 0 Å². The van der Waals surface area contributed by atoms with Crippen molar-refractivity contribution in [3.8, 4) is 0 Å². The van der Waals surface area contributed by atoms with Gasteiger partial charge in [0.2, 0.25) is 0 Å². The molecule has 0 bridgehead atoms. The Labute approximate surface area is 73.7 Å². The molecule has 0 aromatic heterocycles. The van der Waals surface area contributed by atoms with Crippen LogP contribution in [0.25, 0.3) is 0 Å². The van der Waals surface area contributed by atoms with Crippen LogP contribution in [0.2, 0.25) is 0 Å². The van der Waals surface area contributed by atoms with E-state index in [0.717, 1.165) is 6.42 Å². The van der Waals surface area contributed by atoms with Crippen LogP contribution in [0.3, 0.4) is 0 Å². The van der Waals surface area contributed by atoms with Crippen molar-refractivity contribution in [3.05, 3.63) is 0 Å². The fourth-order valence-corrected chi connectivity index (χ4v) is 1.96. The second-order valence-electron chi connectivity index (χ2n) is 3.66. The highest BCUT2D eigenvalue weighted by atomic mass is 16.5. The Kier molecular flexibility index (Phi) is 2.73. The largest absolute Gasteiger partial charge is 0.468 e.